The Morgan fingerprint density at radius 1 is 1.27 bits per heavy atom. The number of likely N-dealkylation sites (N-methyl/N-ethyl adjacent to an activating group) is 1. The molecule has 0 aromatic carbocycles. The molecule has 8 nitrogen and oxygen atoms in total. The standard InChI is InChI=1S/C28H44N2O6S/c1-15-8-9-21(16(2)11-19-14-37-23(13-31)30(19)7)36-24(33)12-22(32)28(5,6)27(35)18(4)26(34)17(3)25-20(10-15)29-25/h8,11,14,17-18,20-23,25-26,29,31-32,34H,9-10,12-13H2,1-7H3/b15-8-,16-11+/t17-,18+,20?,21-,22-,23?,25?,26-/m0/s1. The number of fused-ring (bicyclic) bond motifs is 1. The van der Waals surface area contributed by atoms with E-state index in [2.05, 4.69) is 11.4 Å². The van der Waals surface area contributed by atoms with E-state index in [4.69, 9.17) is 4.74 Å². The Kier molecular flexibility index (Phi) is 9.72. The maximum Gasteiger partial charge on any atom is 0.309 e. The van der Waals surface area contributed by atoms with Crippen LogP contribution in [0.15, 0.2) is 34.4 Å². The zero-order chi connectivity index (χ0) is 27.7. The molecule has 3 unspecified atom stereocenters. The first kappa shape index (κ1) is 29.9. The smallest absolute Gasteiger partial charge is 0.309 e. The van der Waals surface area contributed by atoms with E-state index in [1.807, 2.05) is 44.2 Å². The first-order valence-electron chi connectivity index (χ1n) is 13.2. The molecule has 0 aliphatic carbocycles. The van der Waals surface area contributed by atoms with Crippen LogP contribution in [0, 0.1) is 17.3 Å². The van der Waals surface area contributed by atoms with Gasteiger partial charge < -0.3 is 30.3 Å². The van der Waals surface area contributed by atoms with Gasteiger partial charge in [-0.3, -0.25) is 9.59 Å². The molecule has 1 saturated heterocycles. The van der Waals surface area contributed by atoms with Crippen LogP contribution >= 0.6 is 11.8 Å². The van der Waals surface area contributed by atoms with E-state index in [0.717, 1.165) is 23.3 Å². The van der Waals surface area contributed by atoms with Gasteiger partial charge in [-0.05, 0) is 43.2 Å². The zero-order valence-corrected chi connectivity index (χ0v) is 23.9. The summed E-state index contributed by atoms with van der Waals surface area (Å²) in [5.41, 5.74) is 1.72. The van der Waals surface area contributed by atoms with Crippen LogP contribution in [0.5, 0.6) is 0 Å². The van der Waals surface area contributed by atoms with Gasteiger partial charge in [0.05, 0.1) is 30.7 Å². The van der Waals surface area contributed by atoms with Crippen LogP contribution in [-0.2, 0) is 14.3 Å². The number of Topliss-reactive ketones (excluding diaryl/α,β-unsaturated/α-hetero) is 1. The minimum Gasteiger partial charge on any atom is -0.457 e. The summed E-state index contributed by atoms with van der Waals surface area (Å²) >= 11 is 1.54. The number of hydrogen-bond acceptors (Lipinski definition) is 9. The van der Waals surface area contributed by atoms with Crippen molar-refractivity contribution >= 4 is 23.5 Å². The normalized spacial score (nSPS) is 39.4. The molecule has 8 atom stereocenters. The van der Waals surface area contributed by atoms with Crippen molar-refractivity contribution in [3.8, 4) is 0 Å². The minimum absolute atomic E-state index is 0.0330. The Hall–Kier alpha value is -1.65. The lowest BCUT2D eigenvalue weighted by atomic mass is 9.73. The molecule has 3 aliphatic rings. The molecule has 0 bridgehead atoms. The number of carbonyl (C=O) groups is 2. The number of nitrogens with zero attached hydrogens (tertiary/aromatic N) is 1. The van der Waals surface area contributed by atoms with E-state index < -0.39 is 35.6 Å². The molecular formula is C28H44N2O6S. The molecule has 3 aliphatic heterocycles. The van der Waals surface area contributed by atoms with Gasteiger partial charge >= 0.3 is 5.97 Å². The minimum atomic E-state index is -1.25. The van der Waals surface area contributed by atoms with Crippen molar-refractivity contribution in [2.45, 2.75) is 96.6 Å². The number of ether oxygens (including phenoxy) is 1. The molecule has 0 radical (unpaired) electrons. The summed E-state index contributed by atoms with van der Waals surface area (Å²) in [7, 11) is 1.92. The van der Waals surface area contributed by atoms with Gasteiger partial charge in [0, 0.05) is 37.2 Å². The topological polar surface area (TPSA) is 129 Å². The van der Waals surface area contributed by atoms with Crippen LogP contribution in [0.2, 0.25) is 0 Å². The Labute approximate surface area is 225 Å². The summed E-state index contributed by atoms with van der Waals surface area (Å²) in [6, 6.07) is 0.337. The van der Waals surface area contributed by atoms with Crippen LogP contribution in [0.1, 0.15) is 60.8 Å². The number of cyclic esters (lactones) is 1. The third-order valence-electron chi connectivity index (χ3n) is 8.31. The largest absolute Gasteiger partial charge is 0.457 e. The third-order valence-corrected chi connectivity index (χ3v) is 9.47. The van der Waals surface area contributed by atoms with Gasteiger partial charge in [-0.25, -0.2) is 0 Å². The Morgan fingerprint density at radius 2 is 1.95 bits per heavy atom. The monoisotopic (exact) mass is 536 g/mol. The molecule has 0 saturated carbocycles. The van der Waals surface area contributed by atoms with E-state index in [0.29, 0.717) is 6.42 Å². The lowest BCUT2D eigenvalue weighted by molar-refractivity contribution is -0.154. The number of ketones is 1. The van der Waals surface area contributed by atoms with Gasteiger partial charge in [0.2, 0.25) is 0 Å². The van der Waals surface area contributed by atoms with Gasteiger partial charge in [0.1, 0.15) is 17.3 Å². The fourth-order valence-electron chi connectivity index (χ4n) is 5.27. The SMILES string of the molecule is C/C1=C/C[C@@H](/C(C)=C/C2=CSC(CO)N2C)OC(=O)C[C@H](O)C(C)(C)C(=O)[C@H](C)[C@@H](O)[C@@H](C)C2NC2C1. The van der Waals surface area contributed by atoms with Gasteiger partial charge in [0.15, 0.2) is 0 Å². The Morgan fingerprint density at radius 3 is 2.57 bits per heavy atom. The number of hydrogen-bond donors (Lipinski definition) is 4. The number of allylic oxidation sites excluding steroid dienone is 1. The van der Waals surface area contributed by atoms with E-state index in [1.54, 1.807) is 32.5 Å². The second-order valence-electron chi connectivity index (χ2n) is 11.5. The lowest BCUT2D eigenvalue weighted by Crippen LogP contribution is -2.46. The first-order valence-corrected chi connectivity index (χ1v) is 14.1. The van der Waals surface area contributed by atoms with E-state index in [-0.39, 0.29) is 42.2 Å². The highest BCUT2D eigenvalue weighted by Crippen LogP contribution is 2.36. The number of nitrogens with one attached hydrogen (secondary N) is 1. The van der Waals surface area contributed by atoms with Crippen LogP contribution in [0.3, 0.4) is 0 Å². The van der Waals surface area contributed by atoms with E-state index >= 15 is 0 Å². The Balaban J connectivity index is 1.87. The number of aliphatic hydroxyl groups is 3. The van der Waals surface area contributed by atoms with Gasteiger partial charge in [-0.15, -0.1) is 11.8 Å². The van der Waals surface area contributed by atoms with Gasteiger partial charge in [-0.2, -0.15) is 0 Å². The molecule has 4 N–H and O–H groups in total. The van der Waals surface area contributed by atoms with Crippen LogP contribution in [0.4, 0.5) is 0 Å². The molecule has 37 heavy (non-hydrogen) atoms. The van der Waals surface area contributed by atoms with Crippen molar-refractivity contribution in [1.82, 2.24) is 10.2 Å². The molecule has 9 heteroatoms. The van der Waals surface area contributed by atoms with Crippen LogP contribution in [-0.4, -0.2) is 81.4 Å². The maximum atomic E-state index is 13.3. The summed E-state index contributed by atoms with van der Waals surface area (Å²) < 4.78 is 5.87. The third kappa shape index (κ3) is 6.87. The first-order chi connectivity index (χ1) is 17.3. The number of rotatable bonds is 3. The molecule has 1 fully saturated rings. The molecule has 0 aromatic heterocycles. The molecule has 3 rings (SSSR count). The van der Waals surface area contributed by atoms with Crippen molar-refractivity contribution in [2.75, 3.05) is 13.7 Å². The molecule has 3 heterocycles. The summed E-state index contributed by atoms with van der Waals surface area (Å²) in [5.74, 6) is -1.66. The zero-order valence-electron chi connectivity index (χ0n) is 23.1. The van der Waals surface area contributed by atoms with Gasteiger partial charge in [0.25, 0.3) is 0 Å². The van der Waals surface area contributed by atoms with Crippen molar-refractivity contribution in [2.24, 2.45) is 17.3 Å². The average Bonchev–Trinajstić information content (AvgIpc) is 3.52. The average molecular weight is 537 g/mol. The van der Waals surface area contributed by atoms with Crippen LogP contribution in [0.25, 0.3) is 0 Å². The second kappa shape index (κ2) is 12.0. The summed E-state index contributed by atoms with van der Waals surface area (Å²) in [5, 5.41) is 36.8. The molecule has 0 aromatic rings. The molecule has 208 valence electrons. The number of carbonyl (C=O) groups excluding carboxylic acids is 2. The Bertz CT molecular complexity index is 960. The lowest BCUT2D eigenvalue weighted by Gasteiger charge is -2.34. The number of aliphatic hydroxyl groups excluding tert-OH is 3. The van der Waals surface area contributed by atoms with E-state index in [1.165, 1.54) is 0 Å². The quantitative estimate of drug-likeness (QED) is 0.244. The summed E-state index contributed by atoms with van der Waals surface area (Å²) in [6.07, 6.45) is 2.40. The van der Waals surface area contributed by atoms with Crippen molar-refractivity contribution < 1.29 is 29.6 Å². The summed E-state index contributed by atoms with van der Waals surface area (Å²) in [4.78, 5) is 28.3. The molecular weight excluding hydrogens is 492 g/mol. The highest BCUT2D eigenvalue weighted by Gasteiger charge is 2.47. The molecule has 0 spiro atoms. The summed E-state index contributed by atoms with van der Waals surface area (Å²) in [6.45, 7) is 10.9. The maximum absolute atomic E-state index is 13.3. The fourth-order valence-corrected chi connectivity index (χ4v) is 6.19. The van der Waals surface area contributed by atoms with Crippen LogP contribution < -0.4 is 5.32 Å². The predicted molar refractivity (Wildman–Crippen MR) is 145 cm³/mol. The van der Waals surface area contributed by atoms with Crippen molar-refractivity contribution in [3.05, 3.63) is 34.4 Å². The predicted octanol–water partition coefficient (Wildman–Crippen LogP) is 2.74. The fraction of sp³-hybridized carbons (Fsp3) is 0.714. The molecule has 0 amide bonds. The second-order valence-corrected chi connectivity index (χ2v) is 12.6. The van der Waals surface area contributed by atoms with Crippen molar-refractivity contribution in [3.63, 3.8) is 0 Å². The van der Waals surface area contributed by atoms with E-state index in [9.17, 15) is 24.9 Å². The number of esters is 1. The highest BCUT2D eigenvalue weighted by molar-refractivity contribution is 8.02. The highest BCUT2D eigenvalue weighted by atomic mass is 32.2. The van der Waals surface area contributed by atoms with Gasteiger partial charge in [-0.1, -0.05) is 39.3 Å². The van der Waals surface area contributed by atoms with Crippen molar-refractivity contribution in [1.29, 1.82) is 0 Å². The number of thioether (sulfide) groups is 1.